The van der Waals surface area contributed by atoms with Crippen LogP contribution in [0.4, 0.5) is 13.2 Å². The number of alkyl halides is 1. The molecule has 0 radical (unpaired) electrons. The molecule has 1 fully saturated rings. The van der Waals surface area contributed by atoms with E-state index in [9.17, 15) is 4.39 Å². The average Bonchev–Trinajstić information content (AvgIpc) is 3.07. The molecule has 2 aromatic carbocycles. The zero-order chi connectivity index (χ0) is 26.5. The smallest absolute Gasteiger partial charge is 0.134 e. The lowest BCUT2D eigenvalue weighted by Crippen LogP contribution is -2.49. The van der Waals surface area contributed by atoms with Crippen molar-refractivity contribution in [1.29, 1.82) is 0 Å². The molecule has 5 rings (SSSR count). The number of aromatic nitrogens is 1. The van der Waals surface area contributed by atoms with Gasteiger partial charge in [0.15, 0.2) is 0 Å². The Morgan fingerprint density at radius 2 is 1.70 bits per heavy atom. The minimum absolute atomic E-state index is 0.0530. The highest BCUT2D eigenvalue weighted by atomic mass is 19.1. The zero-order valence-corrected chi connectivity index (χ0v) is 22.5. The Morgan fingerprint density at radius 1 is 1.03 bits per heavy atom. The number of hydrogen-bond acceptors (Lipinski definition) is 3. The third-order valence-electron chi connectivity index (χ3n) is 7.84. The van der Waals surface area contributed by atoms with Gasteiger partial charge < -0.3 is 9.30 Å². The van der Waals surface area contributed by atoms with Crippen LogP contribution in [-0.4, -0.2) is 59.9 Å². The lowest BCUT2D eigenvalue weighted by atomic mass is 9.84. The molecule has 0 saturated carbocycles. The van der Waals surface area contributed by atoms with Crippen molar-refractivity contribution in [1.82, 2.24) is 14.4 Å². The van der Waals surface area contributed by atoms with Crippen LogP contribution in [0.5, 0.6) is 5.75 Å². The number of nitrogens with zero attached hydrogens (tertiary/aromatic N) is 3. The molecule has 0 amide bonds. The topological polar surface area (TPSA) is 20.6 Å². The number of para-hydroxylation sites is 1. The maximum atomic E-state index is 15.9. The van der Waals surface area contributed by atoms with E-state index in [1.54, 1.807) is 0 Å². The van der Waals surface area contributed by atoms with Gasteiger partial charge in [-0.15, -0.1) is 0 Å². The monoisotopic (exact) mass is 513 g/mol. The third-order valence-corrected chi connectivity index (χ3v) is 7.84. The molecule has 0 bridgehead atoms. The maximum Gasteiger partial charge on any atom is 0.134 e. The first-order valence-electron chi connectivity index (χ1n) is 13.3. The zero-order valence-electron chi connectivity index (χ0n) is 22.5. The normalized spacial score (nSPS) is 21.3. The summed E-state index contributed by atoms with van der Waals surface area (Å²) in [6.45, 7) is 11.4. The predicted molar refractivity (Wildman–Crippen MR) is 142 cm³/mol. The summed E-state index contributed by atoms with van der Waals surface area (Å²) in [4.78, 5) is 4.35. The lowest BCUT2D eigenvalue weighted by Gasteiger charge is -2.44. The van der Waals surface area contributed by atoms with Crippen molar-refractivity contribution in [2.75, 3.05) is 39.5 Å². The fraction of sp³-hybridized carbons (Fsp3) is 0.533. The first-order valence-corrected chi connectivity index (χ1v) is 13.3. The van der Waals surface area contributed by atoms with Gasteiger partial charge in [0.05, 0.1) is 12.7 Å². The van der Waals surface area contributed by atoms with E-state index >= 15 is 8.78 Å². The largest absolute Gasteiger partial charge is 0.492 e. The van der Waals surface area contributed by atoms with Gasteiger partial charge in [0.2, 0.25) is 0 Å². The summed E-state index contributed by atoms with van der Waals surface area (Å²) < 4.78 is 52.3. The number of likely N-dealkylation sites (tertiary alicyclic amines) is 1. The summed E-state index contributed by atoms with van der Waals surface area (Å²) in [5, 5.41) is 1.04. The summed E-state index contributed by atoms with van der Waals surface area (Å²) in [6.07, 6.45) is 0.817. The van der Waals surface area contributed by atoms with Crippen LogP contribution in [0, 0.1) is 23.0 Å². The van der Waals surface area contributed by atoms with Crippen LogP contribution < -0.4 is 4.74 Å². The van der Waals surface area contributed by atoms with Crippen molar-refractivity contribution in [3.8, 4) is 5.75 Å². The number of ether oxygens (including phenoxy) is 1. The second-order valence-electron chi connectivity index (χ2n) is 12.1. The van der Waals surface area contributed by atoms with Gasteiger partial charge >= 0.3 is 0 Å². The SMILES string of the molecule is CC1Cc2c(c3ccccc3n2C)C(c2c(F)cc(OCCN3CC(CF)C3)cc2F)N1CC(C)(C)C. The number of hydrogen-bond donors (Lipinski definition) is 0. The molecule has 1 aromatic heterocycles. The van der Waals surface area contributed by atoms with Crippen LogP contribution in [0.2, 0.25) is 0 Å². The van der Waals surface area contributed by atoms with E-state index in [0.29, 0.717) is 32.8 Å². The Kier molecular flexibility index (Phi) is 7.05. The number of aryl methyl sites for hydroxylation is 1. The molecular weight excluding hydrogens is 475 g/mol. The van der Waals surface area contributed by atoms with E-state index in [1.807, 2.05) is 19.2 Å². The van der Waals surface area contributed by atoms with E-state index in [1.165, 1.54) is 12.1 Å². The third kappa shape index (κ3) is 5.00. The van der Waals surface area contributed by atoms with E-state index in [-0.39, 0.29) is 35.4 Å². The molecule has 3 heterocycles. The maximum absolute atomic E-state index is 15.9. The molecule has 7 heteroatoms. The van der Waals surface area contributed by atoms with Gasteiger partial charge in [-0.3, -0.25) is 14.2 Å². The summed E-state index contributed by atoms with van der Waals surface area (Å²) in [5.74, 6) is -0.894. The number of benzene rings is 2. The number of rotatable bonds is 7. The van der Waals surface area contributed by atoms with Crippen LogP contribution in [-0.2, 0) is 13.5 Å². The standard InChI is InChI=1S/C30H38F3N3O/c1-19-12-26-27(22-8-6-7-9-25(22)34(26)5)29(36(19)18-30(2,3)4)28-23(32)13-21(14-24(28)33)37-11-10-35-16-20(15-31)17-35/h6-9,13-14,19-20,29H,10-12,15-18H2,1-5H3. The highest BCUT2D eigenvalue weighted by molar-refractivity contribution is 5.87. The molecule has 0 N–H and O–H groups in total. The summed E-state index contributed by atoms with van der Waals surface area (Å²) in [7, 11) is 2.04. The molecule has 3 aromatic rings. The number of fused-ring (bicyclic) bond motifs is 3. The van der Waals surface area contributed by atoms with Crippen molar-refractivity contribution in [2.24, 2.45) is 18.4 Å². The first-order chi connectivity index (χ1) is 17.6. The van der Waals surface area contributed by atoms with E-state index in [0.717, 1.165) is 28.6 Å². The summed E-state index contributed by atoms with van der Waals surface area (Å²) in [6, 6.07) is 10.3. The Morgan fingerprint density at radius 3 is 2.35 bits per heavy atom. The van der Waals surface area contributed by atoms with E-state index < -0.39 is 17.7 Å². The van der Waals surface area contributed by atoms with Crippen molar-refractivity contribution >= 4 is 10.9 Å². The average molecular weight is 514 g/mol. The Balaban J connectivity index is 1.51. The molecule has 37 heavy (non-hydrogen) atoms. The van der Waals surface area contributed by atoms with Crippen LogP contribution in [0.3, 0.4) is 0 Å². The summed E-state index contributed by atoms with van der Waals surface area (Å²) >= 11 is 0. The van der Waals surface area contributed by atoms with Gasteiger partial charge in [-0.2, -0.15) is 0 Å². The molecule has 0 spiro atoms. The van der Waals surface area contributed by atoms with Gasteiger partial charge in [-0.05, 0) is 18.4 Å². The molecule has 2 aliphatic rings. The van der Waals surface area contributed by atoms with E-state index in [4.69, 9.17) is 4.74 Å². The van der Waals surface area contributed by atoms with Crippen LogP contribution in [0.15, 0.2) is 36.4 Å². The van der Waals surface area contributed by atoms with Gasteiger partial charge in [-0.25, -0.2) is 8.78 Å². The molecule has 2 aliphatic heterocycles. The Hall–Kier alpha value is -2.51. The predicted octanol–water partition coefficient (Wildman–Crippen LogP) is 6.12. The highest BCUT2D eigenvalue weighted by Gasteiger charge is 2.41. The van der Waals surface area contributed by atoms with Crippen LogP contribution in [0.1, 0.15) is 50.6 Å². The second-order valence-corrected chi connectivity index (χ2v) is 12.1. The Labute approximate surface area is 218 Å². The van der Waals surface area contributed by atoms with E-state index in [2.05, 4.69) is 54.2 Å². The lowest BCUT2D eigenvalue weighted by molar-refractivity contribution is 0.0667. The minimum atomic E-state index is -0.590. The van der Waals surface area contributed by atoms with Crippen molar-refractivity contribution in [3.05, 3.63) is 64.9 Å². The molecule has 0 aliphatic carbocycles. The Bertz CT molecular complexity index is 1250. The molecule has 2 unspecified atom stereocenters. The second kappa shape index (κ2) is 9.99. The highest BCUT2D eigenvalue weighted by Crippen LogP contribution is 2.46. The summed E-state index contributed by atoms with van der Waals surface area (Å²) in [5.41, 5.74) is 3.22. The van der Waals surface area contributed by atoms with Crippen molar-refractivity contribution < 1.29 is 17.9 Å². The fourth-order valence-electron chi connectivity index (χ4n) is 6.10. The van der Waals surface area contributed by atoms with Gasteiger partial charge in [0, 0.05) is 91.5 Å². The molecular formula is C30H38F3N3O. The van der Waals surface area contributed by atoms with Crippen LogP contribution >= 0.6 is 0 Å². The van der Waals surface area contributed by atoms with Gasteiger partial charge in [-0.1, -0.05) is 39.0 Å². The first kappa shape index (κ1) is 26.1. The molecule has 2 atom stereocenters. The van der Waals surface area contributed by atoms with Crippen LogP contribution in [0.25, 0.3) is 10.9 Å². The molecule has 4 nitrogen and oxygen atoms in total. The molecule has 1 saturated heterocycles. The fourth-order valence-corrected chi connectivity index (χ4v) is 6.10. The molecule has 200 valence electrons. The van der Waals surface area contributed by atoms with Gasteiger partial charge in [0.1, 0.15) is 24.0 Å². The van der Waals surface area contributed by atoms with Gasteiger partial charge in [0.25, 0.3) is 0 Å². The quantitative estimate of drug-likeness (QED) is 0.380. The van der Waals surface area contributed by atoms with Crippen molar-refractivity contribution in [2.45, 2.75) is 46.2 Å². The number of halogens is 3. The minimum Gasteiger partial charge on any atom is -0.492 e. The van der Waals surface area contributed by atoms with Crippen molar-refractivity contribution in [3.63, 3.8) is 0 Å².